The van der Waals surface area contributed by atoms with Gasteiger partial charge in [-0.25, -0.2) is 0 Å². The maximum absolute atomic E-state index is 12.2. The number of halogens is 2. The standard InChI is InChI=1S/C15H18Cl2N2O2/c1-4-14(20)18(3)10-15(21)19(5-2)9-11-6-7-12(16)13(17)8-11/h4,6-8H,1,5,9-10H2,2-3H3. The zero-order chi connectivity index (χ0) is 16.0. The Hall–Kier alpha value is -1.52. The van der Waals surface area contributed by atoms with E-state index in [1.165, 1.54) is 11.0 Å². The van der Waals surface area contributed by atoms with Crippen molar-refractivity contribution in [2.45, 2.75) is 13.5 Å². The van der Waals surface area contributed by atoms with Crippen LogP contribution in [0.15, 0.2) is 30.9 Å². The number of nitrogens with zero attached hydrogens (tertiary/aromatic N) is 2. The average molecular weight is 329 g/mol. The fourth-order valence-corrected chi connectivity index (χ4v) is 2.09. The second kappa shape index (κ2) is 8.05. The van der Waals surface area contributed by atoms with E-state index in [2.05, 4.69) is 6.58 Å². The maximum Gasteiger partial charge on any atom is 0.246 e. The Bertz CT molecular complexity index is 546. The largest absolute Gasteiger partial charge is 0.337 e. The lowest BCUT2D eigenvalue weighted by atomic mass is 10.2. The van der Waals surface area contributed by atoms with Crippen LogP contribution in [-0.4, -0.2) is 41.8 Å². The lowest BCUT2D eigenvalue weighted by molar-refractivity contribution is -0.137. The molecule has 0 fully saturated rings. The Morgan fingerprint density at radius 1 is 1.29 bits per heavy atom. The summed E-state index contributed by atoms with van der Waals surface area (Å²) in [5.41, 5.74) is 0.886. The number of hydrogen-bond donors (Lipinski definition) is 0. The van der Waals surface area contributed by atoms with Crippen LogP contribution in [0.4, 0.5) is 0 Å². The Labute approximate surface area is 134 Å². The molecule has 6 heteroatoms. The third-order valence-corrected chi connectivity index (χ3v) is 3.75. The molecule has 0 N–H and O–H groups in total. The van der Waals surface area contributed by atoms with E-state index >= 15 is 0 Å². The van der Waals surface area contributed by atoms with Gasteiger partial charge in [0.15, 0.2) is 0 Å². The zero-order valence-corrected chi connectivity index (χ0v) is 13.6. The number of hydrogen-bond acceptors (Lipinski definition) is 2. The van der Waals surface area contributed by atoms with Gasteiger partial charge < -0.3 is 9.80 Å². The molecule has 21 heavy (non-hydrogen) atoms. The lowest BCUT2D eigenvalue weighted by Crippen LogP contribution is -2.40. The van der Waals surface area contributed by atoms with Gasteiger partial charge in [-0.15, -0.1) is 0 Å². The summed E-state index contributed by atoms with van der Waals surface area (Å²) in [6, 6.07) is 5.26. The normalized spacial score (nSPS) is 10.1. The molecular weight excluding hydrogens is 311 g/mol. The molecule has 1 aromatic carbocycles. The van der Waals surface area contributed by atoms with Crippen LogP contribution in [-0.2, 0) is 16.1 Å². The number of rotatable bonds is 6. The fraction of sp³-hybridized carbons (Fsp3) is 0.333. The molecule has 0 unspecified atom stereocenters. The molecular formula is C15H18Cl2N2O2. The van der Waals surface area contributed by atoms with Gasteiger partial charge in [0.2, 0.25) is 11.8 Å². The molecule has 0 aromatic heterocycles. The van der Waals surface area contributed by atoms with Crippen molar-refractivity contribution in [1.82, 2.24) is 9.80 Å². The van der Waals surface area contributed by atoms with Gasteiger partial charge in [0.25, 0.3) is 0 Å². The van der Waals surface area contributed by atoms with E-state index in [1.807, 2.05) is 13.0 Å². The van der Waals surface area contributed by atoms with Crippen LogP contribution in [0.5, 0.6) is 0 Å². The molecule has 0 aliphatic heterocycles. The summed E-state index contributed by atoms with van der Waals surface area (Å²) in [5, 5.41) is 0.933. The molecule has 2 amide bonds. The Morgan fingerprint density at radius 3 is 2.48 bits per heavy atom. The zero-order valence-electron chi connectivity index (χ0n) is 12.1. The molecule has 0 bridgehead atoms. The highest BCUT2D eigenvalue weighted by atomic mass is 35.5. The van der Waals surface area contributed by atoms with Crippen molar-refractivity contribution in [2.24, 2.45) is 0 Å². The number of benzene rings is 1. The summed E-state index contributed by atoms with van der Waals surface area (Å²) in [7, 11) is 1.56. The fourth-order valence-electron chi connectivity index (χ4n) is 1.77. The molecule has 0 aliphatic rings. The third-order valence-electron chi connectivity index (χ3n) is 3.02. The van der Waals surface area contributed by atoms with Crippen molar-refractivity contribution < 1.29 is 9.59 Å². The van der Waals surface area contributed by atoms with Crippen LogP contribution in [0.3, 0.4) is 0 Å². The highest BCUT2D eigenvalue weighted by molar-refractivity contribution is 6.42. The van der Waals surface area contributed by atoms with Gasteiger partial charge in [0.1, 0.15) is 0 Å². The molecule has 0 spiro atoms. The van der Waals surface area contributed by atoms with Crippen LogP contribution in [0.25, 0.3) is 0 Å². The predicted molar refractivity (Wildman–Crippen MR) is 85.4 cm³/mol. The van der Waals surface area contributed by atoms with Gasteiger partial charge in [-0.3, -0.25) is 9.59 Å². The van der Waals surface area contributed by atoms with Crippen molar-refractivity contribution in [2.75, 3.05) is 20.1 Å². The molecule has 0 radical (unpaired) electrons. The summed E-state index contributed by atoms with van der Waals surface area (Å²) in [6.07, 6.45) is 1.18. The van der Waals surface area contributed by atoms with E-state index < -0.39 is 0 Å². The Morgan fingerprint density at radius 2 is 1.95 bits per heavy atom. The number of carbonyl (C=O) groups is 2. The molecule has 1 rings (SSSR count). The third kappa shape index (κ3) is 5.06. The van der Waals surface area contributed by atoms with Crippen LogP contribution < -0.4 is 0 Å². The van der Waals surface area contributed by atoms with Gasteiger partial charge in [-0.2, -0.15) is 0 Å². The summed E-state index contributed by atoms with van der Waals surface area (Å²) < 4.78 is 0. The number of carbonyl (C=O) groups excluding carboxylic acids is 2. The minimum Gasteiger partial charge on any atom is -0.337 e. The SMILES string of the molecule is C=CC(=O)N(C)CC(=O)N(CC)Cc1ccc(Cl)c(Cl)c1. The van der Waals surface area contributed by atoms with E-state index in [-0.39, 0.29) is 18.4 Å². The van der Waals surface area contributed by atoms with Crippen molar-refractivity contribution in [1.29, 1.82) is 0 Å². The first-order chi connectivity index (χ1) is 9.88. The monoisotopic (exact) mass is 328 g/mol. The van der Waals surface area contributed by atoms with E-state index in [0.29, 0.717) is 23.1 Å². The predicted octanol–water partition coefficient (Wildman–Crippen LogP) is 2.99. The molecule has 0 saturated heterocycles. The van der Waals surface area contributed by atoms with Crippen LogP contribution in [0, 0.1) is 0 Å². The Kier molecular flexibility index (Phi) is 6.72. The second-order valence-corrected chi connectivity index (χ2v) is 5.37. The van der Waals surface area contributed by atoms with Gasteiger partial charge in [0, 0.05) is 20.1 Å². The summed E-state index contributed by atoms with van der Waals surface area (Å²) in [6.45, 7) is 6.25. The first-order valence-corrected chi connectivity index (χ1v) is 7.23. The smallest absolute Gasteiger partial charge is 0.246 e. The first-order valence-electron chi connectivity index (χ1n) is 6.48. The van der Waals surface area contributed by atoms with E-state index in [1.54, 1.807) is 24.1 Å². The van der Waals surface area contributed by atoms with E-state index in [4.69, 9.17) is 23.2 Å². The second-order valence-electron chi connectivity index (χ2n) is 4.55. The topological polar surface area (TPSA) is 40.6 Å². The molecule has 0 heterocycles. The van der Waals surface area contributed by atoms with Gasteiger partial charge in [0.05, 0.1) is 16.6 Å². The minimum absolute atomic E-state index is 0.0139. The summed E-state index contributed by atoms with van der Waals surface area (Å²) >= 11 is 11.8. The van der Waals surface area contributed by atoms with Crippen molar-refractivity contribution in [3.8, 4) is 0 Å². The van der Waals surface area contributed by atoms with Crippen molar-refractivity contribution in [3.05, 3.63) is 46.5 Å². The van der Waals surface area contributed by atoms with E-state index in [0.717, 1.165) is 5.56 Å². The Balaban J connectivity index is 2.73. The van der Waals surface area contributed by atoms with Crippen LogP contribution in [0.2, 0.25) is 10.0 Å². The molecule has 0 aliphatic carbocycles. The average Bonchev–Trinajstić information content (AvgIpc) is 2.47. The molecule has 4 nitrogen and oxygen atoms in total. The summed E-state index contributed by atoms with van der Waals surface area (Å²) in [4.78, 5) is 26.6. The highest BCUT2D eigenvalue weighted by Crippen LogP contribution is 2.23. The molecule has 1 aromatic rings. The molecule has 0 saturated carbocycles. The van der Waals surface area contributed by atoms with E-state index in [9.17, 15) is 9.59 Å². The lowest BCUT2D eigenvalue weighted by Gasteiger charge is -2.24. The van der Waals surface area contributed by atoms with Gasteiger partial charge >= 0.3 is 0 Å². The highest BCUT2D eigenvalue weighted by Gasteiger charge is 2.16. The minimum atomic E-state index is -0.283. The van der Waals surface area contributed by atoms with Crippen LogP contribution >= 0.6 is 23.2 Å². The summed E-state index contributed by atoms with van der Waals surface area (Å²) in [5.74, 6) is -0.421. The van der Waals surface area contributed by atoms with Gasteiger partial charge in [-0.1, -0.05) is 35.8 Å². The van der Waals surface area contributed by atoms with Crippen molar-refractivity contribution >= 4 is 35.0 Å². The number of likely N-dealkylation sites (N-methyl/N-ethyl adjacent to an activating group) is 2. The van der Waals surface area contributed by atoms with Crippen LogP contribution in [0.1, 0.15) is 12.5 Å². The quantitative estimate of drug-likeness (QED) is 0.753. The number of amides is 2. The molecule has 0 atom stereocenters. The van der Waals surface area contributed by atoms with Crippen molar-refractivity contribution in [3.63, 3.8) is 0 Å². The first kappa shape index (κ1) is 17.5. The maximum atomic E-state index is 12.2. The van der Waals surface area contributed by atoms with Gasteiger partial charge in [-0.05, 0) is 30.7 Å². The molecule has 114 valence electrons.